The molecule has 190 valence electrons. The Morgan fingerprint density at radius 1 is 0.886 bits per heavy atom. The normalized spacial score (nSPS) is 12.5. The topological polar surface area (TPSA) is 36.4 Å². The Morgan fingerprint density at radius 3 is 1.97 bits per heavy atom. The molecule has 11 heteroatoms. The molecule has 0 radical (unpaired) electrons. The van der Waals surface area contributed by atoms with Crippen LogP contribution in [0.5, 0.6) is 0 Å². The van der Waals surface area contributed by atoms with Crippen molar-refractivity contribution in [3.05, 3.63) is 58.1 Å². The first kappa shape index (κ1) is 26.9. The molecule has 0 saturated heterocycles. The van der Waals surface area contributed by atoms with Gasteiger partial charge in [-0.25, -0.2) is 4.98 Å². The molecule has 0 aliphatic carbocycles. The van der Waals surface area contributed by atoms with Crippen LogP contribution in [0.25, 0.3) is 10.2 Å². The lowest BCUT2D eigenvalue weighted by Gasteiger charge is -2.25. The third-order valence-electron chi connectivity index (χ3n) is 5.65. The first-order chi connectivity index (χ1) is 16.2. The number of nitrogens with zero attached hydrogens (tertiary/aromatic N) is 3. The van der Waals surface area contributed by atoms with E-state index in [1.54, 1.807) is 0 Å². The molecular weight excluding hydrogens is 492 g/mol. The van der Waals surface area contributed by atoms with Gasteiger partial charge in [-0.15, -0.1) is 0 Å². The van der Waals surface area contributed by atoms with Crippen molar-refractivity contribution in [3.8, 4) is 0 Å². The van der Waals surface area contributed by atoms with Gasteiger partial charge in [0.2, 0.25) is 0 Å². The number of halogens is 6. The summed E-state index contributed by atoms with van der Waals surface area (Å²) in [6.07, 6.45) is -10.1. The van der Waals surface area contributed by atoms with Crippen molar-refractivity contribution in [1.29, 1.82) is 0 Å². The monoisotopic (exact) mass is 517 g/mol. The van der Waals surface area contributed by atoms with E-state index in [2.05, 4.69) is 4.98 Å². The summed E-state index contributed by atoms with van der Waals surface area (Å²) in [4.78, 5) is 21.1. The van der Waals surface area contributed by atoms with Gasteiger partial charge in [0.25, 0.3) is 5.91 Å². The van der Waals surface area contributed by atoms with Crippen molar-refractivity contribution in [2.24, 2.45) is 0 Å². The standard InChI is InChI=1S/C24H25F6N3OS/c1-5-32(6-2)7-8-33(22-31-19-10-14(3)9-15(4)20(19)35-22)21(34)16-11-17(23(25,26)27)13-18(12-16)24(28,29)30/h9-13H,5-8H2,1-4H3. The molecule has 0 aliphatic rings. The fourth-order valence-corrected chi connectivity index (χ4v) is 4.82. The number of carbonyl (C=O) groups excluding carboxylic acids is 1. The molecule has 1 heterocycles. The highest BCUT2D eigenvalue weighted by Crippen LogP contribution is 2.38. The van der Waals surface area contributed by atoms with Crippen molar-refractivity contribution >= 4 is 32.6 Å². The number of hydrogen-bond acceptors (Lipinski definition) is 4. The number of anilines is 1. The zero-order valence-electron chi connectivity index (χ0n) is 19.6. The van der Waals surface area contributed by atoms with E-state index >= 15 is 0 Å². The van der Waals surface area contributed by atoms with Crippen molar-refractivity contribution < 1.29 is 31.1 Å². The highest BCUT2D eigenvalue weighted by Gasteiger charge is 2.38. The van der Waals surface area contributed by atoms with Crippen LogP contribution in [-0.4, -0.2) is 42.0 Å². The molecule has 4 nitrogen and oxygen atoms in total. The molecule has 0 bridgehead atoms. The summed E-state index contributed by atoms with van der Waals surface area (Å²) in [6, 6.07) is 4.70. The number of rotatable bonds is 7. The molecule has 0 spiro atoms. The highest BCUT2D eigenvalue weighted by atomic mass is 32.1. The maximum atomic E-state index is 13.5. The Balaban J connectivity index is 2.13. The maximum Gasteiger partial charge on any atom is 0.416 e. The van der Waals surface area contributed by atoms with Crippen LogP contribution in [0.1, 0.15) is 46.5 Å². The summed E-state index contributed by atoms with van der Waals surface area (Å²) in [5.41, 5.74) is -1.29. The minimum absolute atomic E-state index is 0.0147. The van der Waals surface area contributed by atoms with Crippen LogP contribution in [0.3, 0.4) is 0 Å². The van der Waals surface area contributed by atoms with Gasteiger partial charge in [-0.3, -0.25) is 9.69 Å². The van der Waals surface area contributed by atoms with Crippen LogP contribution in [0, 0.1) is 13.8 Å². The molecule has 0 N–H and O–H groups in total. The Bertz CT molecular complexity index is 1180. The molecule has 1 aromatic heterocycles. The number of aryl methyl sites for hydroxylation is 2. The average Bonchev–Trinajstić information content (AvgIpc) is 3.19. The van der Waals surface area contributed by atoms with E-state index in [1.165, 1.54) is 16.2 Å². The fraction of sp³-hybridized carbons (Fsp3) is 0.417. The van der Waals surface area contributed by atoms with Crippen molar-refractivity contribution in [3.63, 3.8) is 0 Å². The van der Waals surface area contributed by atoms with Gasteiger partial charge in [0.1, 0.15) is 0 Å². The SMILES string of the molecule is CCN(CC)CCN(C(=O)c1cc(C(F)(F)F)cc(C(F)(F)F)c1)c1nc2cc(C)cc(C)c2s1. The number of fused-ring (bicyclic) bond motifs is 1. The molecule has 0 aliphatic heterocycles. The van der Waals surface area contributed by atoms with Gasteiger partial charge < -0.3 is 4.90 Å². The van der Waals surface area contributed by atoms with Crippen LogP contribution in [-0.2, 0) is 12.4 Å². The Hall–Kier alpha value is -2.66. The second kappa shape index (κ2) is 10.1. The predicted molar refractivity (Wildman–Crippen MR) is 125 cm³/mol. The minimum Gasteiger partial charge on any atom is -0.302 e. The molecular formula is C24H25F6N3OS. The lowest BCUT2D eigenvalue weighted by atomic mass is 10.0. The van der Waals surface area contributed by atoms with Gasteiger partial charge in [-0.05, 0) is 62.3 Å². The Kier molecular flexibility index (Phi) is 7.80. The molecule has 0 fully saturated rings. The average molecular weight is 518 g/mol. The van der Waals surface area contributed by atoms with Crippen molar-refractivity contribution in [2.75, 3.05) is 31.1 Å². The zero-order chi connectivity index (χ0) is 26.1. The van der Waals surface area contributed by atoms with Gasteiger partial charge >= 0.3 is 12.4 Å². The first-order valence-electron chi connectivity index (χ1n) is 11.0. The van der Waals surface area contributed by atoms with E-state index < -0.39 is 35.0 Å². The van der Waals surface area contributed by atoms with Crippen molar-refractivity contribution in [2.45, 2.75) is 40.0 Å². The number of carbonyl (C=O) groups is 1. The number of alkyl halides is 6. The summed E-state index contributed by atoms with van der Waals surface area (Å²) >= 11 is 1.18. The number of amides is 1. The van der Waals surface area contributed by atoms with E-state index in [9.17, 15) is 31.1 Å². The second-order valence-corrected chi connectivity index (χ2v) is 9.18. The lowest BCUT2D eigenvalue weighted by molar-refractivity contribution is -0.143. The molecule has 3 aromatic rings. The molecule has 2 aromatic carbocycles. The molecule has 0 atom stereocenters. The number of thiazole rings is 1. The van der Waals surface area contributed by atoms with Gasteiger partial charge in [0.15, 0.2) is 5.13 Å². The summed E-state index contributed by atoms with van der Waals surface area (Å²) in [7, 11) is 0. The largest absolute Gasteiger partial charge is 0.416 e. The van der Waals surface area contributed by atoms with E-state index in [-0.39, 0.29) is 17.7 Å². The van der Waals surface area contributed by atoms with E-state index in [0.717, 1.165) is 15.8 Å². The van der Waals surface area contributed by atoms with Crippen molar-refractivity contribution in [1.82, 2.24) is 9.88 Å². The van der Waals surface area contributed by atoms with Crippen LogP contribution < -0.4 is 4.90 Å². The molecule has 35 heavy (non-hydrogen) atoms. The second-order valence-electron chi connectivity index (χ2n) is 8.20. The molecule has 0 saturated carbocycles. The summed E-state index contributed by atoms with van der Waals surface area (Å²) in [6.45, 7) is 9.35. The van der Waals surface area contributed by atoms with Crippen LogP contribution in [0.15, 0.2) is 30.3 Å². The predicted octanol–water partition coefficient (Wildman–Crippen LogP) is 6.94. The third kappa shape index (κ3) is 6.13. The first-order valence-corrected chi connectivity index (χ1v) is 11.8. The minimum atomic E-state index is -5.05. The smallest absolute Gasteiger partial charge is 0.302 e. The molecule has 1 amide bonds. The van der Waals surface area contributed by atoms with Gasteiger partial charge in [-0.1, -0.05) is 31.3 Å². The highest BCUT2D eigenvalue weighted by molar-refractivity contribution is 7.22. The summed E-state index contributed by atoms with van der Waals surface area (Å²) in [5.74, 6) is -0.970. The molecule has 3 rings (SSSR count). The quantitative estimate of drug-likeness (QED) is 0.319. The number of likely N-dealkylation sites (N-methyl/N-ethyl adjacent to an activating group) is 1. The summed E-state index contributed by atoms with van der Waals surface area (Å²) in [5, 5.41) is 0.219. The summed E-state index contributed by atoms with van der Waals surface area (Å²) < 4.78 is 81.1. The maximum absolute atomic E-state index is 13.5. The van der Waals surface area contributed by atoms with Crippen LogP contribution in [0.2, 0.25) is 0 Å². The van der Waals surface area contributed by atoms with Gasteiger partial charge in [0, 0.05) is 18.7 Å². The van der Waals surface area contributed by atoms with Crippen LogP contribution >= 0.6 is 11.3 Å². The van der Waals surface area contributed by atoms with Gasteiger partial charge in [-0.2, -0.15) is 26.3 Å². The number of aromatic nitrogens is 1. The van der Waals surface area contributed by atoms with Gasteiger partial charge in [0.05, 0.1) is 21.3 Å². The van der Waals surface area contributed by atoms with E-state index in [0.29, 0.717) is 37.3 Å². The van der Waals surface area contributed by atoms with E-state index in [1.807, 2.05) is 44.7 Å². The number of hydrogen-bond donors (Lipinski definition) is 0. The van der Waals surface area contributed by atoms with Crippen LogP contribution in [0.4, 0.5) is 31.5 Å². The Morgan fingerprint density at radius 2 is 1.46 bits per heavy atom. The Labute approximate surface area is 203 Å². The van der Waals surface area contributed by atoms with E-state index in [4.69, 9.17) is 0 Å². The number of benzene rings is 2. The lowest BCUT2D eigenvalue weighted by Crippen LogP contribution is -2.39. The molecule has 0 unspecified atom stereocenters. The zero-order valence-corrected chi connectivity index (χ0v) is 20.5. The fourth-order valence-electron chi connectivity index (χ4n) is 3.78. The third-order valence-corrected chi connectivity index (χ3v) is 6.88.